The maximum Gasteiger partial charge on any atom is 0.409 e. The van der Waals surface area contributed by atoms with E-state index >= 15 is 0 Å². The first-order valence-corrected chi connectivity index (χ1v) is 5.61. The molecule has 15 heavy (non-hydrogen) atoms. The van der Waals surface area contributed by atoms with Gasteiger partial charge in [0.2, 0.25) is 0 Å². The molecule has 0 aromatic heterocycles. The number of carbonyl (C=O) groups is 1. The van der Waals surface area contributed by atoms with E-state index in [0.717, 1.165) is 10.9 Å². The van der Waals surface area contributed by atoms with Crippen LogP contribution in [0.25, 0.3) is 0 Å². The van der Waals surface area contributed by atoms with E-state index in [0.29, 0.717) is 6.61 Å². The van der Waals surface area contributed by atoms with Crippen LogP contribution in [0.3, 0.4) is 0 Å². The second-order valence-electron chi connectivity index (χ2n) is 3.64. The average Bonchev–Trinajstić information content (AvgIpc) is 2.53. The Morgan fingerprint density at radius 3 is 2.87 bits per heavy atom. The fourth-order valence-electron chi connectivity index (χ4n) is 1.64. The first-order valence-electron chi connectivity index (χ1n) is 4.81. The van der Waals surface area contributed by atoms with Gasteiger partial charge in [0.05, 0.1) is 6.04 Å². The molecule has 0 N–H and O–H groups in total. The fraction of sp³-hybridized carbons (Fsp3) is 0.364. The quantitative estimate of drug-likeness (QED) is 0.826. The third-order valence-corrected chi connectivity index (χ3v) is 3.42. The lowest BCUT2D eigenvalue weighted by atomic mass is 10.1. The molecule has 80 valence electrons. The van der Waals surface area contributed by atoms with Crippen molar-refractivity contribution in [1.29, 1.82) is 0 Å². The molecule has 1 fully saturated rings. The van der Waals surface area contributed by atoms with Gasteiger partial charge in [-0.25, -0.2) is 4.79 Å². The molecule has 0 spiro atoms. The van der Waals surface area contributed by atoms with Crippen molar-refractivity contribution in [2.45, 2.75) is 12.5 Å². The van der Waals surface area contributed by atoms with Gasteiger partial charge in [-0.15, -0.1) is 0 Å². The van der Waals surface area contributed by atoms with Gasteiger partial charge in [0.25, 0.3) is 0 Å². The maximum atomic E-state index is 11.2. The minimum atomic E-state index is -0.230. The summed E-state index contributed by atoms with van der Waals surface area (Å²) in [6.07, 6.45) is 0.593. The van der Waals surface area contributed by atoms with Crippen LogP contribution in [0.15, 0.2) is 28.7 Å². The summed E-state index contributed by atoms with van der Waals surface area (Å²) < 4.78 is 6.04. The molecular weight excluding hydrogens is 258 g/mol. The molecule has 1 amide bonds. The number of rotatable bonds is 2. The van der Waals surface area contributed by atoms with E-state index in [-0.39, 0.29) is 12.1 Å². The van der Waals surface area contributed by atoms with Crippen LogP contribution in [0.1, 0.15) is 5.56 Å². The number of halogens is 1. The zero-order valence-electron chi connectivity index (χ0n) is 8.44. The third-order valence-electron chi connectivity index (χ3n) is 2.65. The van der Waals surface area contributed by atoms with Crippen LogP contribution in [0.5, 0.6) is 0 Å². The average molecular weight is 270 g/mol. The van der Waals surface area contributed by atoms with Gasteiger partial charge in [-0.1, -0.05) is 34.1 Å². The highest BCUT2D eigenvalue weighted by Crippen LogP contribution is 2.21. The molecule has 1 heterocycles. The highest BCUT2D eigenvalue weighted by Gasteiger charge is 2.29. The molecular formula is C11H12BrNO2. The fourth-order valence-corrected chi connectivity index (χ4v) is 2.09. The number of amides is 1. The minimum absolute atomic E-state index is 0.149. The van der Waals surface area contributed by atoms with E-state index in [4.69, 9.17) is 4.74 Å². The van der Waals surface area contributed by atoms with Crippen molar-refractivity contribution in [3.8, 4) is 0 Å². The summed E-state index contributed by atoms with van der Waals surface area (Å²) in [6.45, 7) is 0.483. The molecule has 1 saturated heterocycles. The largest absolute Gasteiger partial charge is 0.447 e. The van der Waals surface area contributed by atoms with Crippen LogP contribution in [-0.4, -0.2) is 30.7 Å². The SMILES string of the molecule is CN1C(=O)OCC1Cc1ccccc1Br. The van der Waals surface area contributed by atoms with Gasteiger partial charge in [0.1, 0.15) is 6.61 Å². The zero-order chi connectivity index (χ0) is 10.8. The van der Waals surface area contributed by atoms with E-state index in [1.54, 1.807) is 11.9 Å². The molecule has 3 nitrogen and oxygen atoms in total. The van der Waals surface area contributed by atoms with Crippen molar-refractivity contribution in [2.75, 3.05) is 13.7 Å². The van der Waals surface area contributed by atoms with Crippen molar-refractivity contribution in [3.63, 3.8) is 0 Å². The minimum Gasteiger partial charge on any atom is -0.447 e. The highest BCUT2D eigenvalue weighted by molar-refractivity contribution is 9.10. The molecule has 1 unspecified atom stereocenters. The number of carbonyl (C=O) groups excluding carboxylic acids is 1. The number of ether oxygens (including phenoxy) is 1. The summed E-state index contributed by atoms with van der Waals surface area (Å²) >= 11 is 3.49. The lowest BCUT2D eigenvalue weighted by molar-refractivity contribution is 0.163. The van der Waals surface area contributed by atoms with Crippen molar-refractivity contribution in [1.82, 2.24) is 4.90 Å². The van der Waals surface area contributed by atoms with Gasteiger partial charge in [0, 0.05) is 11.5 Å². The van der Waals surface area contributed by atoms with Gasteiger partial charge < -0.3 is 9.64 Å². The smallest absolute Gasteiger partial charge is 0.409 e. The summed E-state index contributed by atoms with van der Waals surface area (Å²) in [5.41, 5.74) is 1.20. The van der Waals surface area contributed by atoms with Crippen LogP contribution in [0.4, 0.5) is 4.79 Å². The Kier molecular flexibility index (Phi) is 2.95. The summed E-state index contributed by atoms with van der Waals surface area (Å²) in [7, 11) is 1.77. The number of hydrogen-bond acceptors (Lipinski definition) is 2. The Morgan fingerprint density at radius 2 is 2.27 bits per heavy atom. The first kappa shape index (κ1) is 10.5. The predicted octanol–water partition coefficient (Wildman–Crippen LogP) is 2.44. The monoisotopic (exact) mass is 269 g/mol. The zero-order valence-corrected chi connectivity index (χ0v) is 10.0. The molecule has 1 atom stereocenters. The standard InChI is InChI=1S/C11H12BrNO2/c1-13-9(7-15-11(13)14)6-8-4-2-3-5-10(8)12/h2-5,9H,6-7H2,1H3. The second-order valence-corrected chi connectivity index (χ2v) is 4.49. The molecule has 2 rings (SSSR count). The number of likely N-dealkylation sites (N-methyl/N-ethyl adjacent to an activating group) is 1. The Balaban J connectivity index is 2.10. The maximum absolute atomic E-state index is 11.2. The molecule has 0 aliphatic carbocycles. The summed E-state index contributed by atoms with van der Waals surface area (Å²) in [4.78, 5) is 12.8. The molecule has 0 radical (unpaired) electrons. The molecule has 1 aliphatic heterocycles. The van der Waals surface area contributed by atoms with Crippen molar-refractivity contribution < 1.29 is 9.53 Å². The molecule has 1 aromatic carbocycles. The van der Waals surface area contributed by atoms with Crippen LogP contribution in [0, 0.1) is 0 Å². The Hall–Kier alpha value is -1.03. The second kappa shape index (κ2) is 4.23. The Labute approximate surface area is 97.2 Å². The van der Waals surface area contributed by atoms with Gasteiger partial charge in [-0.3, -0.25) is 0 Å². The molecule has 4 heteroatoms. The van der Waals surface area contributed by atoms with Crippen LogP contribution >= 0.6 is 15.9 Å². The predicted molar refractivity (Wildman–Crippen MR) is 60.7 cm³/mol. The van der Waals surface area contributed by atoms with Gasteiger partial charge >= 0.3 is 6.09 Å². The van der Waals surface area contributed by atoms with Crippen molar-refractivity contribution >= 4 is 22.0 Å². The number of benzene rings is 1. The van der Waals surface area contributed by atoms with Gasteiger partial charge in [-0.05, 0) is 18.1 Å². The Morgan fingerprint density at radius 1 is 1.53 bits per heavy atom. The molecule has 0 saturated carbocycles. The van der Waals surface area contributed by atoms with E-state index in [9.17, 15) is 4.79 Å². The van der Waals surface area contributed by atoms with Crippen LogP contribution < -0.4 is 0 Å². The number of nitrogens with zero attached hydrogens (tertiary/aromatic N) is 1. The third kappa shape index (κ3) is 2.15. The topological polar surface area (TPSA) is 29.5 Å². The van der Waals surface area contributed by atoms with E-state index < -0.39 is 0 Å². The summed E-state index contributed by atoms with van der Waals surface area (Å²) in [5, 5.41) is 0. The molecule has 0 bridgehead atoms. The summed E-state index contributed by atoms with van der Waals surface area (Å²) in [5.74, 6) is 0. The number of cyclic esters (lactones) is 1. The van der Waals surface area contributed by atoms with Crippen LogP contribution in [-0.2, 0) is 11.2 Å². The summed E-state index contributed by atoms with van der Waals surface area (Å²) in [6, 6.07) is 8.19. The lowest BCUT2D eigenvalue weighted by Gasteiger charge is -2.16. The Bertz CT molecular complexity index is 381. The first-order chi connectivity index (χ1) is 7.18. The van der Waals surface area contributed by atoms with Crippen molar-refractivity contribution in [2.24, 2.45) is 0 Å². The van der Waals surface area contributed by atoms with E-state index in [1.165, 1.54) is 5.56 Å². The molecule has 1 aliphatic rings. The van der Waals surface area contributed by atoms with Crippen molar-refractivity contribution in [3.05, 3.63) is 34.3 Å². The van der Waals surface area contributed by atoms with Gasteiger partial charge in [-0.2, -0.15) is 0 Å². The lowest BCUT2D eigenvalue weighted by Crippen LogP contribution is -2.31. The number of hydrogen-bond donors (Lipinski definition) is 0. The van der Waals surface area contributed by atoms with E-state index in [2.05, 4.69) is 22.0 Å². The molecule has 1 aromatic rings. The van der Waals surface area contributed by atoms with E-state index in [1.807, 2.05) is 18.2 Å². The van der Waals surface area contributed by atoms with Crippen LogP contribution in [0.2, 0.25) is 0 Å². The normalized spacial score (nSPS) is 20.5. The van der Waals surface area contributed by atoms with Gasteiger partial charge in [0.15, 0.2) is 0 Å². The highest BCUT2D eigenvalue weighted by atomic mass is 79.9.